The Balaban J connectivity index is 1.19. The van der Waals surface area contributed by atoms with Crippen LogP contribution in [0.25, 0.3) is 76.9 Å². The van der Waals surface area contributed by atoms with Gasteiger partial charge in [-0.3, -0.25) is 4.99 Å². The fourth-order valence-corrected chi connectivity index (χ4v) is 8.34. The second-order valence-electron chi connectivity index (χ2n) is 14.4. The van der Waals surface area contributed by atoms with Gasteiger partial charge in [-0.1, -0.05) is 127 Å². The zero-order valence-corrected chi connectivity index (χ0v) is 30.9. The molecule has 2 N–H and O–H groups in total. The normalized spacial score (nSPS) is 12.6. The number of para-hydroxylation sites is 3. The van der Waals surface area contributed by atoms with E-state index in [0.29, 0.717) is 18.2 Å². The minimum atomic E-state index is 0.413. The molecule has 57 heavy (non-hydrogen) atoms. The number of nitrogens with two attached hydrogens (primary N) is 1. The van der Waals surface area contributed by atoms with E-state index in [0.717, 1.165) is 82.8 Å². The minimum Gasteiger partial charge on any atom is -0.456 e. The summed E-state index contributed by atoms with van der Waals surface area (Å²) in [6.07, 6.45) is 0. The van der Waals surface area contributed by atoms with Crippen molar-refractivity contribution in [2.45, 2.75) is 6.54 Å². The van der Waals surface area contributed by atoms with Crippen molar-refractivity contribution in [3.8, 4) is 11.4 Å². The molecule has 3 aromatic heterocycles. The van der Waals surface area contributed by atoms with Gasteiger partial charge in [0.15, 0.2) is 5.84 Å². The molecule has 0 aliphatic rings. The summed E-state index contributed by atoms with van der Waals surface area (Å²) in [5.41, 5.74) is 17.8. The van der Waals surface area contributed by atoms with Crippen molar-refractivity contribution in [3.05, 3.63) is 205 Å². The molecule has 0 atom stereocenters. The maximum Gasteiger partial charge on any atom is 0.157 e. The number of amidine groups is 2. The van der Waals surface area contributed by atoms with Crippen molar-refractivity contribution in [1.29, 1.82) is 0 Å². The van der Waals surface area contributed by atoms with Gasteiger partial charge >= 0.3 is 0 Å². The van der Waals surface area contributed by atoms with Crippen LogP contribution in [0.1, 0.15) is 16.7 Å². The van der Waals surface area contributed by atoms with E-state index >= 15 is 0 Å². The van der Waals surface area contributed by atoms with Crippen LogP contribution in [0, 0.1) is 0 Å². The predicted molar refractivity (Wildman–Crippen MR) is 236 cm³/mol. The number of benzene rings is 8. The number of hydrogen-bond acceptors (Lipinski definition) is 2. The molecule has 0 radical (unpaired) electrons. The van der Waals surface area contributed by atoms with Crippen molar-refractivity contribution in [2.24, 2.45) is 15.7 Å². The third-order valence-electron chi connectivity index (χ3n) is 11.0. The molecule has 6 heteroatoms. The van der Waals surface area contributed by atoms with Gasteiger partial charge in [-0.2, -0.15) is 0 Å². The van der Waals surface area contributed by atoms with E-state index in [9.17, 15) is 0 Å². The number of aromatic nitrogens is 2. The summed E-state index contributed by atoms with van der Waals surface area (Å²) in [5, 5.41) is 6.79. The number of hydrogen-bond donors (Lipinski definition) is 1. The summed E-state index contributed by atoms with van der Waals surface area (Å²) in [5.74, 6) is 0.982. The molecule has 6 nitrogen and oxygen atoms in total. The first-order chi connectivity index (χ1) is 28.2. The van der Waals surface area contributed by atoms with Crippen LogP contribution in [-0.2, 0) is 6.54 Å². The molecular formula is C51H35N5O. The van der Waals surface area contributed by atoms with Gasteiger partial charge in [0.1, 0.15) is 17.0 Å². The summed E-state index contributed by atoms with van der Waals surface area (Å²) in [6.45, 7) is 0.469. The fourth-order valence-electron chi connectivity index (χ4n) is 8.34. The Labute approximate surface area is 328 Å². The lowest BCUT2D eigenvalue weighted by Crippen LogP contribution is -2.16. The lowest BCUT2D eigenvalue weighted by Gasteiger charge is -2.12. The van der Waals surface area contributed by atoms with Crippen LogP contribution in [0.2, 0.25) is 0 Å². The van der Waals surface area contributed by atoms with E-state index in [1.807, 2.05) is 60.7 Å². The minimum absolute atomic E-state index is 0.413. The molecule has 270 valence electrons. The molecule has 0 aliphatic heterocycles. The molecule has 0 fully saturated rings. The maximum atomic E-state index is 6.67. The molecule has 11 rings (SSSR count). The third kappa shape index (κ3) is 5.49. The van der Waals surface area contributed by atoms with Crippen molar-refractivity contribution in [2.75, 3.05) is 0 Å². The molecule has 3 heterocycles. The van der Waals surface area contributed by atoms with Crippen LogP contribution in [0.15, 0.2) is 202 Å². The topological polar surface area (TPSA) is 73.7 Å². The van der Waals surface area contributed by atoms with Crippen LogP contribution in [0.5, 0.6) is 0 Å². The Bertz CT molecular complexity index is 3370. The molecule has 0 saturated carbocycles. The molecule has 11 aromatic rings. The van der Waals surface area contributed by atoms with Crippen LogP contribution >= 0.6 is 0 Å². The highest BCUT2D eigenvalue weighted by atomic mass is 16.3. The quantitative estimate of drug-likeness (QED) is 0.136. The smallest absolute Gasteiger partial charge is 0.157 e. The highest BCUT2D eigenvalue weighted by Crippen LogP contribution is 2.42. The molecular weight excluding hydrogens is 699 g/mol. The Morgan fingerprint density at radius 2 is 1.00 bits per heavy atom. The lowest BCUT2D eigenvalue weighted by molar-refractivity contribution is 0.669. The maximum absolute atomic E-state index is 6.67. The van der Waals surface area contributed by atoms with E-state index < -0.39 is 0 Å². The molecule has 8 aromatic carbocycles. The first-order valence-corrected chi connectivity index (χ1v) is 19.1. The first kappa shape index (κ1) is 32.7. The van der Waals surface area contributed by atoms with Crippen molar-refractivity contribution in [1.82, 2.24) is 9.13 Å². The van der Waals surface area contributed by atoms with Gasteiger partial charge in [-0.05, 0) is 66.2 Å². The second-order valence-corrected chi connectivity index (χ2v) is 14.4. The standard InChI is InChI=1S/C51H35N5O/c52-50(34-17-6-2-7-18-34)54-51(53-32-33-15-4-1-5-16-33)35-19-14-22-37(27-35)56-46-28-40-38-23-10-12-25-44(38)55(36-20-8-3-9-21-36)45(40)29-41(46)42-31-49-43(30-47(42)56)39-24-11-13-26-48(39)57-49/h1-31H,32H2,(H2,52,53,54). The number of rotatable bonds is 6. The van der Waals surface area contributed by atoms with Crippen LogP contribution in [-0.4, -0.2) is 20.8 Å². The largest absolute Gasteiger partial charge is 0.456 e. The van der Waals surface area contributed by atoms with Gasteiger partial charge in [-0.15, -0.1) is 0 Å². The molecule has 0 aliphatic carbocycles. The zero-order valence-electron chi connectivity index (χ0n) is 30.9. The van der Waals surface area contributed by atoms with Crippen molar-refractivity contribution < 1.29 is 4.42 Å². The Kier molecular flexibility index (Phi) is 7.60. The van der Waals surface area contributed by atoms with Crippen LogP contribution < -0.4 is 5.73 Å². The number of nitrogens with zero attached hydrogens (tertiary/aromatic N) is 4. The first-order valence-electron chi connectivity index (χ1n) is 19.1. The van der Waals surface area contributed by atoms with Gasteiger partial charge in [-0.25, -0.2) is 4.99 Å². The fraction of sp³-hybridized carbons (Fsp3) is 0.0196. The van der Waals surface area contributed by atoms with E-state index in [-0.39, 0.29) is 0 Å². The SMILES string of the molecule is NC(=NC(=NCc1ccccc1)c1cccc(-n2c3cc4c(cc3c3cc5c(cc32)c2ccccc2n5-c2ccccc2)oc2ccccc24)c1)c1ccccc1. The van der Waals surface area contributed by atoms with E-state index in [2.05, 4.69) is 137 Å². The molecule has 0 bridgehead atoms. The highest BCUT2D eigenvalue weighted by molar-refractivity contribution is 6.22. The zero-order chi connectivity index (χ0) is 37.9. The van der Waals surface area contributed by atoms with Crippen LogP contribution in [0.3, 0.4) is 0 Å². The molecule has 0 spiro atoms. The Morgan fingerprint density at radius 1 is 0.439 bits per heavy atom. The van der Waals surface area contributed by atoms with Gasteiger partial charge in [0.25, 0.3) is 0 Å². The second kappa shape index (κ2) is 13.3. The number of furan rings is 1. The van der Waals surface area contributed by atoms with Crippen molar-refractivity contribution in [3.63, 3.8) is 0 Å². The van der Waals surface area contributed by atoms with E-state index in [1.54, 1.807) is 0 Å². The average Bonchev–Trinajstić information content (AvgIpc) is 3.91. The molecule has 0 saturated heterocycles. The van der Waals surface area contributed by atoms with Crippen molar-refractivity contribution >= 4 is 77.2 Å². The predicted octanol–water partition coefficient (Wildman–Crippen LogP) is 12.1. The van der Waals surface area contributed by atoms with Gasteiger partial charge in [0.05, 0.1) is 28.6 Å². The van der Waals surface area contributed by atoms with Gasteiger partial charge < -0.3 is 19.3 Å². The Hall–Kier alpha value is -7.70. The summed E-state index contributed by atoms with van der Waals surface area (Å²) in [7, 11) is 0. The van der Waals surface area contributed by atoms with Gasteiger partial charge in [0.2, 0.25) is 0 Å². The summed E-state index contributed by atoms with van der Waals surface area (Å²) in [4.78, 5) is 10.1. The Morgan fingerprint density at radius 3 is 1.77 bits per heavy atom. The van der Waals surface area contributed by atoms with Crippen LogP contribution in [0.4, 0.5) is 0 Å². The summed E-state index contributed by atoms with van der Waals surface area (Å²) < 4.78 is 11.2. The van der Waals surface area contributed by atoms with E-state index in [4.69, 9.17) is 20.1 Å². The molecule has 0 unspecified atom stereocenters. The van der Waals surface area contributed by atoms with E-state index in [1.165, 1.54) is 10.8 Å². The highest BCUT2D eigenvalue weighted by Gasteiger charge is 2.21. The lowest BCUT2D eigenvalue weighted by atomic mass is 10.1. The monoisotopic (exact) mass is 733 g/mol. The molecule has 0 amide bonds. The average molecular weight is 734 g/mol. The van der Waals surface area contributed by atoms with Gasteiger partial charge in [0, 0.05) is 54.8 Å². The summed E-state index contributed by atoms with van der Waals surface area (Å²) >= 11 is 0. The third-order valence-corrected chi connectivity index (χ3v) is 11.0. The number of fused-ring (bicyclic) bond motifs is 9. The number of aliphatic imine (C=N–C) groups is 2. The summed E-state index contributed by atoms with van der Waals surface area (Å²) in [6, 6.07) is 65.3.